The molecule has 0 amide bonds. The molecule has 0 atom stereocenters. The van der Waals surface area contributed by atoms with Crippen LogP contribution in [-0.4, -0.2) is 0 Å². The van der Waals surface area contributed by atoms with Gasteiger partial charge in [-0.1, -0.05) is 103 Å². The fraction of sp³-hybridized carbons (Fsp3) is 0. The minimum atomic E-state index is -2.92. The molecule has 25 heavy (non-hydrogen) atoms. The van der Waals surface area contributed by atoms with Crippen LogP contribution in [0.3, 0.4) is 0 Å². The summed E-state index contributed by atoms with van der Waals surface area (Å²) in [6.07, 6.45) is 0. The molecule has 0 bridgehead atoms. The Labute approximate surface area is 180 Å². The molecule has 0 aliphatic rings. The van der Waals surface area contributed by atoms with Crippen LogP contribution in [0.1, 0.15) is 0 Å². The van der Waals surface area contributed by atoms with Crippen LogP contribution in [0.25, 0.3) is 10.8 Å². The Hall–Kier alpha value is -1.29. The maximum atomic E-state index is 14.4. The molecule has 1 nitrogen and oxygen atoms in total. The Morgan fingerprint density at radius 2 is 1.00 bits per heavy atom. The van der Waals surface area contributed by atoms with Gasteiger partial charge in [-0.2, -0.15) is 0 Å². The van der Waals surface area contributed by atoms with Gasteiger partial charge in [-0.15, -0.1) is 0 Å². The molecule has 0 fully saturated rings. The van der Waals surface area contributed by atoms with Gasteiger partial charge in [0, 0.05) is 56.3 Å². The van der Waals surface area contributed by atoms with Crippen LogP contribution in [-0.2, 0) is 4.57 Å². The van der Waals surface area contributed by atoms with Crippen molar-refractivity contribution in [3.05, 3.63) is 103 Å². The van der Waals surface area contributed by atoms with Crippen molar-refractivity contribution in [3.63, 3.8) is 0 Å². The predicted molar refractivity (Wildman–Crippen MR) is 103 cm³/mol. The van der Waals surface area contributed by atoms with E-state index in [0.29, 0.717) is 0 Å². The van der Waals surface area contributed by atoms with Crippen LogP contribution in [0.5, 0.6) is 0 Å². The number of hydrogen-bond donors (Lipinski definition) is 0. The Balaban J connectivity index is 0.00000182. The number of hydrogen-bond acceptors (Lipinski definition) is 1. The molecule has 0 unspecified atom stereocenters. The largest absolute Gasteiger partial charge is 0.309 e. The Morgan fingerprint density at radius 1 is 0.520 bits per heavy atom. The monoisotopic (exact) mass is 480 g/mol. The maximum absolute atomic E-state index is 14.4. The zero-order chi connectivity index (χ0) is 16.4. The summed E-state index contributed by atoms with van der Waals surface area (Å²) in [5, 5.41) is 4.80. The van der Waals surface area contributed by atoms with Crippen LogP contribution in [0.15, 0.2) is 103 Å². The molecule has 122 valence electrons. The first-order valence-electron chi connectivity index (χ1n) is 8.00. The molecule has 0 saturated heterocycles. The second-order valence-corrected chi connectivity index (χ2v) is 8.51. The Bertz CT molecular complexity index is 981. The van der Waals surface area contributed by atoms with Crippen molar-refractivity contribution >= 4 is 33.8 Å². The van der Waals surface area contributed by atoms with Crippen molar-refractivity contribution in [2.45, 2.75) is 0 Å². The molecule has 0 N–H and O–H groups in total. The Morgan fingerprint density at radius 3 is 1.60 bits per heavy atom. The van der Waals surface area contributed by atoms with Gasteiger partial charge in [0.2, 0.25) is 0 Å². The van der Waals surface area contributed by atoms with E-state index in [4.69, 9.17) is 0 Å². The summed E-state index contributed by atoms with van der Waals surface area (Å²) >= 11 is 0. The third-order valence-electron chi connectivity index (χ3n) is 4.35. The van der Waals surface area contributed by atoms with E-state index < -0.39 is 7.14 Å². The first kappa shape index (κ1) is 18.5. The molecule has 0 spiro atoms. The molecule has 3 heteroatoms. The summed E-state index contributed by atoms with van der Waals surface area (Å²) in [4.78, 5) is 0. The number of benzene rings is 4. The summed E-state index contributed by atoms with van der Waals surface area (Å²) in [6, 6.07) is 33.8. The second kappa shape index (κ2) is 7.94. The molecule has 0 radical (unpaired) electrons. The number of rotatable bonds is 3. The average molecular weight is 479 g/mol. The SMILES string of the molecule is O=P(c1ccccc1)(c1ccccc1)c1cccc2ccccc12.[Sm]. The minimum absolute atomic E-state index is 0. The van der Waals surface area contributed by atoms with Crippen LogP contribution in [0.4, 0.5) is 0 Å². The normalized spacial score (nSPS) is 11.0. The van der Waals surface area contributed by atoms with Crippen molar-refractivity contribution in [1.29, 1.82) is 0 Å². The predicted octanol–water partition coefficient (Wildman–Crippen LogP) is 4.48. The van der Waals surface area contributed by atoms with Crippen LogP contribution in [0.2, 0.25) is 0 Å². The molecule has 4 rings (SSSR count). The Kier molecular flexibility index (Phi) is 5.88. The summed E-state index contributed by atoms with van der Waals surface area (Å²) in [5.41, 5.74) is 0. The first-order chi connectivity index (χ1) is 11.8. The van der Waals surface area contributed by atoms with E-state index >= 15 is 0 Å². The standard InChI is InChI=1S/C22H17OP.Sm/c23-24(19-12-3-1-4-13-19,20-14-5-2-6-15-20)22-17-9-11-18-10-7-8-16-21(18)22;/h1-17H;. The van der Waals surface area contributed by atoms with Gasteiger partial charge < -0.3 is 4.57 Å². The molecule has 4 aromatic rings. The van der Waals surface area contributed by atoms with Crippen molar-refractivity contribution < 1.29 is 45.0 Å². The van der Waals surface area contributed by atoms with Gasteiger partial charge in [0.05, 0.1) is 0 Å². The van der Waals surface area contributed by atoms with Crippen molar-refractivity contribution in [2.24, 2.45) is 0 Å². The molecular formula is C22H17OPSm. The van der Waals surface area contributed by atoms with Gasteiger partial charge in [0.25, 0.3) is 0 Å². The summed E-state index contributed by atoms with van der Waals surface area (Å²) < 4.78 is 14.4. The van der Waals surface area contributed by atoms with Crippen LogP contribution in [0, 0.1) is 40.4 Å². The average Bonchev–Trinajstić information content (AvgIpc) is 2.68. The minimum Gasteiger partial charge on any atom is -0.309 e. The van der Waals surface area contributed by atoms with Gasteiger partial charge in [0.15, 0.2) is 7.14 Å². The molecule has 0 heterocycles. The third kappa shape index (κ3) is 3.38. The molecule has 4 aromatic carbocycles. The molecule has 0 aromatic heterocycles. The second-order valence-electron chi connectivity index (χ2n) is 5.78. The van der Waals surface area contributed by atoms with E-state index in [1.165, 1.54) is 0 Å². The van der Waals surface area contributed by atoms with E-state index in [1.807, 2.05) is 84.9 Å². The number of fused-ring (bicyclic) bond motifs is 1. The molecule has 0 saturated carbocycles. The molecular weight excluding hydrogens is 462 g/mol. The molecule has 0 aliphatic carbocycles. The topological polar surface area (TPSA) is 17.1 Å². The van der Waals surface area contributed by atoms with E-state index in [1.54, 1.807) is 0 Å². The van der Waals surface area contributed by atoms with Crippen molar-refractivity contribution in [2.75, 3.05) is 0 Å². The van der Waals surface area contributed by atoms with Gasteiger partial charge in [-0.05, 0) is 10.8 Å². The summed E-state index contributed by atoms with van der Waals surface area (Å²) in [5.74, 6) is 0. The van der Waals surface area contributed by atoms with E-state index in [-0.39, 0.29) is 40.4 Å². The van der Waals surface area contributed by atoms with E-state index in [2.05, 4.69) is 18.2 Å². The van der Waals surface area contributed by atoms with E-state index in [9.17, 15) is 4.57 Å². The zero-order valence-corrected chi connectivity index (χ0v) is 17.1. The van der Waals surface area contributed by atoms with Gasteiger partial charge in [-0.3, -0.25) is 0 Å². The van der Waals surface area contributed by atoms with Crippen LogP contribution >= 0.6 is 7.14 Å². The van der Waals surface area contributed by atoms with Gasteiger partial charge in [-0.25, -0.2) is 0 Å². The van der Waals surface area contributed by atoms with Gasteiger partial charge in [0.1, 0.15) is 0 Å². The fourth-order valence-corrected chi connectivity index (χ4v) is 6.06. The maximum Gasteiger partial charge on any atom is 0.171 e. The van der Waals surface area contributed by atoms with Gasteiger partial charge >= 0.3 is 0 Å². The molecule has 0 aliphatic heterocycles. The quantitative estimate of drug-likeness (QED) is 0.397. The van der Waals surface area contributed by atoms with E-state index in [0.717, 1.165) is 26.7 Å². The van der Waals surface area contributed by atoms with Crippen LogP contribution < -0.4 is 15.9 Å². The first-order valence-corrected chi connectivity index (χ1v) is 9.70. The summed E-state index contributed by atoms with van der Waals surface area (Å²) in [7, 11) is -2.92. The third-order valence-corrected chi connectivity index (χ3v) is 7.46. The van der Waals surface area contributed by atoms with Crippen molar-refractivity contribution in [1.82, 2.24) is 0 Å². The fourth-order valence-electron chi connectivity index (χ4n) is 3.19. The summed E-state index contributed by atoms with van der Waals surface area (Å²) in [6.45, 7) is 0. The zero-order valence-electron chi connectivity index (χ0n) is 13.6. The van der Waals surface area contributed by atoms with Crippen molar-refractivity contribution in [3.8, 4) is 0 Å². The smallest absolute Gasteiger partial charge is 0.171 e.